The van der Waals surface area contributed by atoms with E-state index in [0.717, 1.165) is 69.4 Å². The molecule has 2 aliphatic heterocycles. The summed E-state index contributed by atoms with van der Waals surface area (Å²) in [4.78, 5) is 20.5. The summed E-state index contributed by atoms with van der Waals surface area (Å²) in [5.74, 6) is 0.0407. The molecule has 2 saturated heterocycles. The molecule has 0 N–H and O–H groups in total. The number of hydrogen-bond donors (Lipinski definition) is 0. The average molecular weight is 368 g/mol. The molecule has 6 nitrogen and oxygen atoms in total. The van der Waals surface area contributed by atoms with Crippen molar-refractivity contribution in [2.24, 2.45) is 0 Å². The molecule has 0 saturated carbocycles. The number of carbonyl (C=O) groups is 1. The molecule has 0 radical (unpaired) electrons. The number of hydrogen-bond acceptors (Lipinski definition) is 6. The standard InChI is InChI=1S/C18H29N3O3S/c1-3-21(14(2)22)18-19-15(13-25-18)10-20(11-16-6-4-8-23-16)12-17-7-5-9-24-17/h13,16-17H,3-12H2,1-2H3. The van der Waals surface area contributed by atoms with Crippen LogP contribution in [0.2, 0.25) is 0 Å². The topological polar surface area (TPSA) is 54.9 Å². The Bertz CT molecular complexity index is 536. The van der Waals surface area contributed by atoms with Crippen LogP contribution in [0.5, 0.6) is 0 Å². The van der Waals surface area contributed by atoms with Gasteiger partial charge in [-0.2, -0.15) is 0 Å². The third kappa shape index (κ3) is 5.23. The number of aromatic nitrogens is 1. The molecule has 0 bridgehead atoms. The molecular weight excluding hydrogens is 338 g/mol. The second-order valence-electron chi connectivity index (χ2n) is 6.85. The van der Waals surface area contributed by atoms with E-state index in [0.29, 0.717) is 18.8 Å². The van der Waals surface area contributed by atoms with Crippen molar-refractivity contribution in [2.45, 2.75) is 58.3 Å². The summed E-state index contributed by atoms with van der Waals surface area (Å²) in [7, 11) is 0. The highest BCUT2D eigenvalue weighted by Gasteiger charge is 2.25. The van der Waals surface area contributed by atoms with Crippen molar-refractivity contribution in [1.82, 2.24) is 9.88 Å². The molecule has 2 fully saturated rings. The molecule has 0 aromatic carbocycles. The van der Waals surface area contributed by atoms with Crippen LogP contribution in [0.15, 0.2) is 5.38 Å². The van der Waals surface area contributed by atoms with E-state index in [1.165, 1.54) is 0 Å². The molecule has 2 atom stereocenters. The van der Waals surface area contributed by atoms with Crippen LogP contribution in [0.3, 0.4) is 0 Å². The molecule has 3 rings (SSSR count). The summed E-state index contributed by atoms with van der Waals surface area (Å²) in [6, 6.07) is 0. The number of ether oxygens (including phenoxy) is 2. The van der Waals surface area contributed by atoms with E-state index < -0.39 is 0 Å². The molecule has 0 aliphatic carbocycles. The Kier molecular flexibility index (Phi) is 6.81. The van der Waals surface area contributed by atoms with Gasteiger partial charge in [0.1, 0.15) is 0 Å². The molecule has 25 heavy (non-hydrogen) atoms. The summed E-state index contributed by atoms with van der Waals surface area (Å²) in [5.41, 5.74) is 1.02. The van der Waals surface area contributed by atoms with Crippen molar-refractivity contribution in [1.29, 1.82) is 0 Å². The second kappa shape index (κ2) is 9.07. The fourth-order valence-corrected chi connectivity index (χ4v) is 4.49. The van der Waals surface area contributed by atoms with Gasteiger partial charge >= 0.3 is 0 Å². The Morgan fingerprint density at radius 1 is 1.24 bits per heavy atom. The second-order valence-corrected chi connectivity index (χ2v) is 7.69. The molecule has 2 aliphatic rings. The van der Waals surface area contributed by atoms with E-state index in [1.807, 2.05) is 6.92 Å². The van der Waals surface area contributed by atoms with Gasteiger partial charge in [-0.15, -0.1) is 11.3 Å². The lowest BCUT2D eigenvalue weighted by Crippen LogP contribution is -2.37. The van der Waals surface area contributed by atoms with Crippen LogP contribution in [0.25, 0.3) is 0 Å². The molecule has 3 heterocycles. The van der Waals surface area contributed by atoms with Crippen LogP contribution in [0, 0.1) is 0 Å². The Morgan fingerprint density at radius 3 is 2.36 bits per heavy atom. The first-order valence-corrected chi connectivity index (χ1v) is 10.2. The third-order valence-electron chi connectivity index (χ3n) is 4.82. The Morgan fingerprint density at radius 2 is 1.88 bits per heavy atom. The van der Waals surface area contributed by atoms with Gasteiger partial charge in [0.2, 0.25) is 5.91 Å². The van der Waals surface area contributed by atoms with Gasteiger partial charge in [-0.05, 0) is 32.6 Å². The molecule has 1 amide bonds. The Balaban J connectivity index is 1.63. The smallest absolute Gasteiger partial charge is 0.225 e. The average Bonchev–Trinajstić information content (AvgIpc) is 3.31. The van der Waals surface area contributed by atoms with Gasteiger partial charge in [-0.1, -0.05) is 0 Å². The largest absolute Gasteiger partial charge is 0.377 e. The van der Waals surface area contributed by atoms with Crippen molar-refractivity contribution in [3.8, 4) is 0 Å². The lowest BCUT2D eigenvalue weighted by atomic mass is 10.2. The number of nitrogens with zero attached hydrogens (tertiary/aromatic N) is 3. The van der Waals surface area contributed by atoms with Crippen molar-refractivity contribution in [3.05, 3.63) is 11.1 Å². The van der Waals surface area contributed by atoms with Crippen LogP contribution in [0.1, 0.15) is 45.2 Å². The van der Waals surface area contributed by atoms with E-state index in [2.05, 4.69) is 10.3 Å². The van der Waals surface area contributed by atoms with E-state index in [1.54, 1.807) is 23.2 Å². The first-order valence-electron chi connectivity index (χ1n) is 9.33. The van der Waals surface area contributed by atoms with Gasteiger partial charge < -0.3 is 9.47 Å². The van der Waals surface area contributed by atoms with Crippen molar-refractivity contribution in [3.63, 3.8) is 0 Å². The molecular formula is C18H29N3O3S. The van der Waals surface area contributed by atoms with Crippen LogP contribution < -0.4 is 4.90 Å². The zero-order valence-corrected chi connectivity index (χ0v) is 16.1. The van der Waals surface area contributed by atoms with Gasteiger partial charge in [-0.25, -0.2) is 4.98 Å². The quantitative estimate of drug-likeness (QED) is 0.707. The number of carbonyl (C=O) groups excluding carboxylic acids is 1. The molecule has 1 aromatic heterocycles. The summed E-state index contributed by atoms with van der Waals surface area (Å²) >= 11 is 1.54. The summed E-state index contributed by atoms with van der Waals surface area (Å²) in [6.45, 7) is 8.61. The van der Waals surface area contributed by atoms with Crippen molar-refractivity contribution < 1.29 is 14.3 Å². The van der Waals surface area contributed by atoms with Crippen LogP contribution in [-0.2, 0) is 20.8 Å². The van der Waals surface area contributed by atoms with Crippen LogP contribution in [-0.4, -0.2) is 60.8 Å². The number of amides is 1. The maximum Gasteiger partial charge on any atom is 0.225 e. The lowest BCUT2D eigenvalue weighted by Gasteiger charge is -2.26. The van der Waals surface area contributed by atoms with Crippen molar-refractivity contribution in [2.75, 3.05) is 37.7 Å². The van der Waals surface area contributed by atoms with Gasteiger partial charge in [-0.3, -0.25) is 14.6 Å². The molecule has 140 valence electrons. The predicted octanol–water partition coefficient (Wildman–Crippen LogP) is 2.68. The summed E-state index contributed by atoms with van der Waals surface area (Å²) < 4.78 is 11.6. The lowest BCUT2D eigenvalue weighted by molar-refractivity contribution is -0.116. The molecule has 2 unspecified atom stereocenters. The summed E-state index contributed by atoms with van der Waals surface area (Å²) in [6.07, 6.45) is 5.23. The van der Waals surface area contributed by atoms with E-state index in [-0.39, 0.29) is 5.91 Å². The number of thiazole rings is 1. The van der Waals surface area contributed by atoms with Gasteiger partial charge in [0.25, 0.3) is 0 Å². The van der Waals surface area contributed by atoms with Gasteiger partial charge in [0, 0.05) is 51.7 Å². The van der Waals surface area contributed by atoms with Gasteiger partial charge in [0.05, 0.1) is 17.9 Å². The van der Waals surface area contributed by atoms with Gasteiger partial charge in [0.15, 0.2) is 5.13 Å². The highest BCUT2D eigenvalue weighted by molar-refractivity contribution is 7.14. The Hall–Kier alpha value is -1.02. The summed E-state index contributed by atoms with van der Waals surface area (Å²) in [5, 5.41) is 2.86. The number of anilines is 1. The first kappa shape index (κ1) is 18.8. The van der Waals surface area contributed by atoms with Crippen molar-refractivity contribution >= 4 is 22.4 Å². The van der Waals surface area contributed by atoms with E-state index in [9.17, 15) is 4.79 Å². The fourth-order valence-electron chi connectivity index (χ4n) is 3.57. The maximum absolute atomic E-state index is 11.7. The predicted molar refractivity (Wildman–Crippen MR) is 99.0 cm³/mol. The first-order chi connectivity index (χ1) is 12.2. The SMILES string of the molecule is CCN(C(C)=O)c1nc(CN(CC2CCCO2)CC2CCCO2)cs1. The van der Waals surface area contributed by atoms with E-state index >= 15 is 0 Å². The zero-order valence-electron chi connectivity index (χ0n) is 15.3. The molecule has 1 aromatic rings. The minimum Gasteiger partial charge on any atom is -0.377 e. The highest BCUT2D eigenvalue weighted by Crippen LogP contribution is 2.23. The highest BCUT2D eigenvalue weighted by atomic mass is 32.1. The minimum absolute atomic E-state index is 0.0407. The minimum atomic E-state index is 0.0407. The maximum atomic E-state index is 11.7. The monoisotopic (exact) mass is 367 g/mol. The number of rotatable bonds is 8. The molecule has 0 spiro atoms. The Labute approximate surface area is 154 Å². The third-order valence-corrected chi connectivity index (χ3v) is 5.74. The zero-order chi connectivity index (χ0) is 17.6. The van der Waals surface area contributed by atoms with E-state index in [4.69, 9.17) is 14.5 Å². The van der Waals surface area contributed by atoms with Crippen LogP contribution in [0.4, 0.5) is 5.13 Å². The molecule has 7 heteroatoms. The normalized spacial score (nSPS) is 23.5. The van der Waals surface area contributed by atoms with Crippen LogP contribution >= 0.6 is 11.3 Å². The fraction of sp³-hybridized carbons (Fsp3) is 0.778.